The number of ketones is 1. The van der Waals surface area contributed by atoms with E-state index in [-0.39, 0.29) is 11.3 Å². The van der Waals surface area contributed by atoms with Crippen LogP contribution in [0.3, 0.4) is 0 Å². The zero-order valence-electron chi connectivity index (χ0n) is 20.4. The third-order valence-corrected chi connectivity index (χ3v) is 5.93. The lowest BCUT2D eigenvalue weighted by molar-refractivity contribution is 0.0470. The summed E-state index contributed by atoms with van der Waals surface area (Å²) in [5.41, 5.74) is 2.59. The predicted octanol–water partition coefficient (Wildman–Crippen LogP) is 5.71. The molecule has 3 aromatic carbocycles. The van der Waals surface area contributed by atoms with E-state index < -0.39 is 18.4 Å². The fraction of sp³-hybridized carbons (Fsp3) is 0.138. The molecule has 0 spiro atoms. The molecule has 0 saturated heterocycles. The van der Waals surface area contributed by atoms with Crippen molar-refractivity contribution >= 4 is 33.6 Å². The summed E-state index contributed by atoms with van der Waals surface area (Å²) in [6.07, 6.45) is 0. The third kappa shape index (κ3) is 4.56. The number of furan rings is 1. The summed E-state index contributed by atoms with van der Waals surface area (Å²) < 4.78 is 27.3. The second-order valence-electron chi connectivity index (χ2n) is 8.13. The van der Waals surface area contributed by atoms with Gasteiger partial charge in [0.2, 0.25) is 11.5 Å². The summed E-state index contributed by atoms with van der Waals surface area (Å²) in [6, 6.07) is 21.2. The predicted molar refractivity (Wildman–Crippen MR) is 138 cm³/mol. The highest BCUT2D eigenvalue weighted by Gasteiger charge is 2.20. The number of pyridine rings is 1. The van der Waals surface area contributed by atoms with E-state index >= 15 is 0 Å². The van der Waals surface area contributed by atoms with Crippen LogP contribution in [0.15, 0.2) is 77.2 Å². The van der Waals surface area contributed by atoms with Gasteiger partial charge in [0, 0.05) is 16.3 Å². The van der Waals surface area contributed by atoms with Gasteiger partial charge in [-0.2, -0.15) is 0 Å². The number of carbonyl (C=O) groups excluding carboxylic acids is 2. The zero-order valence-corrected chi connectivity index (χ0v) is 20.4. The number of fused-ring (bicyclic) bond motifs is 2. The number of hydrogen-bond acceptors (Lipinski definition) is 8. The Morgan fingerprint density at radius 2 is 1.54 bits per heavy atom. The molecule has 37 heavy (non-hydrogen) atoms. The number of carbonyl (C=O) groups is 2. The minimum Gasteiger partial charge on any atom is -0.493 e. The lowest BCUT2D eigenvalue weighted by atomic mass is 10.0. The SMILES string of the molecule is COc1cc(-c2cc(C(=O)OCC(=O)c3cc4ccccc4o3)c3ccccc3n2)cc(OC)c1OC. The fourth-order valence-corrected chi connectivity index (χ4v) is 4.12. The van der Waals surface area contributed by atoms with Gasteiger partial charge in [0.15, 0.2) is 23.9 Å². The van der Waals surface area contributed by atoms with Gasteiger partial charge >= 0.3 is 5.97 Å². The molecule has 5 aromatic rings. The largest absolute Gasteiger partial charge is 0.493 e. The van der Waals surface area contributed by atoms with Crippen molar-refractivity contribution in [1.82, 2.24) is 4.98 Å². The van der Waals surface area contributed by atoms with Gasteiger partial charge in [-0.1, -0.05) is 36.4 Å². The average molecular weight is 498 g/mol. The molecule has 0 N–H and O–H groups in total. The number of benzene rings is 3. The van der Waals surface area contributed by atoms with Crippen LogP contribution in [0.25, 0.3) is 33.1 Å². The van der Waals surface area contributed by atoms with Gasteiger partial charge in [-0.15, -0.1) is 0 Å². The van der Waals surface area contributed by atoms with Gasteiger partial charge in [-0.05, 0) is 36.4 Å². The molecule has 2 heterocycles. The number of esters is 1. The molecule has 0 bridgehead atoms. The molecule has 0 aliphatic heterocycles. The van der Waals surface area contributed by atoms with Crippen LogP contribution in [0.5, 0.6) is 17.2 Å². The first-order valence-electron chi connectivity index (χ1n) is 11.4. The van der Waals surface area contributed by atoms with Crippen molar-refractivity contribution in [3.05, 3.63) is 84.1 Å². The first kappa shape index (κ1) is 23.9. The molecule has 186 valence electrons. The molecule has 0 aliphatic carbocycles. The molecule has 0 atom stereocenters. The molecular weight excluding hydrogens is 474 g/mol. The Labute approximate surface area is 212 Å². The molecule has 0 saturated carbocycles. The quantitative estimate of drug-likeness (QED) is 0.199. The second-order valence-corrected chi connectivity index (χ2v) is 8.13. The van der Waals surface area contributed by atoms with Crippen molar-refractivity contribution in [2.75, 3.05) is 27.9 Å². The highest BCUT2D eigenvalue weighted by Crippen LogP contribution is 2.41. The van der Waals surface area contributed by atoms with Crippen LogP contribution in [-0.2, 0) is 4.74 Å². The highest BCUT2D eigenvalue weighted by molar-refractivity contribution is 6.06. The normalized spacial score (nSPS) is 10.9. The van der Waals surface area contributed by atoms with Crippen molar-refractivity contribution < 1.29 is 33.0 Å². The molecule has 8 nitrogen and oxygen atoms in total. The van der Waals surface area contributed by atoms with Gasteiger partial charge in [0.1, 0.15) is 5.58 Å². The number of nitrogens with zero attached hydrogens (tertiary/aromatic N) is 1. The number of ether oxygens (including phenoxy) is 4. The third-order valence-electron chi connectivity index (χ3n) is 5.93. The van der Waals surface area contributed by atoms with Crippen molar-refractivity contribution in [3.8, 4) is 28.5 Å². The number of Topliss-reactive ketones (excluding diaryl/α,β-unsaturated/α-hetero) is 1. The topological polar surface area (TPSA) is 97.1 Å². The van der Waals surface area contributed by atoms with Crippen molar-refractivity contribution in [2.24, 2.45) is 0 Å². The zero-order chi connectivity index (χ0) is 25.9. The van der Waals surface area contributed by atoms with Gasteiger partial charge in [-0.25, -0.2) is 9.78 Å². The number of para-hydroxylation sites is 2. The number of hydrogen-bond donors (Lipinski definition) is 0. The van der Waals surface area contributed by atoms with Gasteiger partial charge in [0.05, 0.1) is 38.1 Å². The van der Waals surface area contributed by atoms with Crippen LogP contribution in [0.4, 0.5) is 0 Å². The Kier molecular flexibility index (Phi) is 6.47. The van der Waals surface area contributed by atoms with Gasteiger partial charge in [0.25, 0.3) is 0 Å². The molecule has 5 rings (SSSR count). The molecule has 8 heteroatoms. The molecule has 0 amide bonds. The van der Waals surface area contributed by atoms with E-state index in [2.05, 4.69) is 0 Å². The van der Waals surface area contributed by atoms with E-state index in [0.717, 1.165) is 5.39 Å². The Morgan fingerprint density at radius 1 is 0.838 bits per heavy atom. The second kappa shape index (κ2) is 10.0. The highest BCUT2D eigenvalue weighted by atomic mass is 16.5. The Morgan fingerprint density at radius 3 is 2.24 bits per heavy atom. The lowest BCUT2D eigenvalue weighted by Crippen LogP contribution is -2.14. The number of methoxy groups -OCH3 is 3. The first-order chi connectivity index (χ1) is 18.0. The van der Waals surface area contributed by atoms with E-state index in [1.807, 2.05) is 24.3 Å². The molecule has 0 radical (unpaired) electrons. The van der Waals surface area contributed by atoms with Crippen LogP contribution in [0.1, 0.15) is 20.9 Å². The molecule has 0 fully saturated rings. The van der Waals surface area contributed by atoms with Gasteiger partial charge < -0.3 is 23.4 Å². The standard InChI is InChI=1S/C29H23NO7/c1-33-26-13-18(14-27(34-2)28(26)35-3)22-15-20(19-9-5-6-10-21(19)30-22)29(32)36-16-23(31)25-12-17-8-4-7-11-24(17)37-25/h4-15H,16H2,1-3H3. The minimum atomic E-state index is -0.656. The number of rotatable bonds is 8. The maximum Gasteiger partial charge on any atom is 0.339 e. The van der Waals surface area contributed by atoms with Crippen molar-refractivity contribution in [2.45, 2.75) is 0 Å². The lowest BCUT2D eigenvalue weighted by Gasteiger charge is -2.15. The summed E-state index contributed by atoms with van der Waals surface area (Å²) in [5, 5.41) is 1.40. The van der Waals surface area contributed by atoms with Crippen LogP contribution in [0, 0.1) is 0 Å². The summed E-state index contributed by atoms with van der Waals surface area (Å²) in [5.74, 6) is 0.384. The average Bonchev–Trinajstić information content (AvgIpc) is 3.38. The van der Waals surface area contributed by atoms with Crippen LogP contribution < -0.4 is 14.2 Å². The van der Waals surface area contributed by atoms with Crippen LogP contribution in [0.2, 0.25) is 0 Å². The summed E-state index contributed by atoms with van der Waals surface area (Å²) in [6.45, 7) is -0.463. The maximum absolute atomic E-state index is 13.2. The molecule has 2 aromatic heterocycles. The van der Waals surface area contributed by atoms with Crippen LogP contribution >= 0.6 is 0 Å². The smallest absolute Gasteiger partial charge is 0.339 e. The molecular formula is C29H23NO7. The fourth-order valence-electron chi connectivity index (χ4n) is 4.12. The van der Waals surface area contributed by atoms with E-state index in [9.17, 15) is 9.59 Å². The summed E-state index contributed by atoms with van der Waals surface area (Å²) in [4.78, 5) is 30.6. The number of aromatic nitrogens is 1. The summed E-state index contributed by atoms with van der Waals surface area (Å²) in [7, 11) is 4.57. The molecule has 0 unspecified atom stereocenters. The van der Waals surface area contributed by atoms with E-state index in [0.29, 0.717) is 45.0 Å². The Bertz CT molecular complexity index is 1580. The van der Waals surface area contributed by atoms with Gasteiger partial charge in [-0.3, -0.25) is 4.79 Å². The van der Waals surface area contributed by atoms with Crippen LogP contribution in [-0.4, -0.2) is 44.7 Å². The summed E-state index contributed by atoms with van der Waals surface area (Å²) >= 11 is 0. The Hall–Kier alpha value is -4.85. The molecule has 0 aliphatic rings. The van der Waals surface area contributed by atoms with Crippen molar-refractivity contribution in [3.63, 3.8) is 0 Å². The first-order valence-corrected chi connectivity index (χ1v) is 11.4. The van der Waals surface area contributed by atoms with E-state index in [1.165, 1.54) is 21.3 Å². The van der Waals surface area contributed by atoms with Crippen molar-refractivity contribution in [1.29, 1.82) is 0 Å². The maximum atomic E-state index is 13.2. The van der Waals surface area contributed by atoms with E-state index in [1.54, 1.807) is 48.5 Å². The van der Waals surface area contributed by atoms with E-state index in [4.69, 9.17) is 28.3 Å². The Balaban J connectivity index is 1.48. The monoisotopic (exact) mass is 497 g/mol. The minimum absolute atomic E-state index is 0.131.